The number of hydrogen-bond acceptors (Lipinski definition) is 4. The van der Waals surface area contributed by atoms with E-state index >= 15 is 0 Å². The minimum absolute atomic E-state index is 0.304. The fraction of sp³-hybridized carbons (Fsp3) is 0.0500. The van der Waals surface area contributed by atoms with Gasteiger partial charge in [0.25, 0.3) is 0 Å². The minimum atomic E-state index is -0.502. The summed E-state index contributed by atoms with van der Waals surface area (Å²) in [4.78, 5) is 28.3. The summed E-state index contributed by atoms with van der Waals surface area (Å²) in [6.45, 7) is 0. The summed E-state index contributed by atoms with van der Waals surface area (Å²) in [6, 6.07) is 16.3. The van der Waals surface area contributed by atoms with Crippen molar-refractivity contribution < 1.29 is 14.3 Å². The van der Waals surface area contributed by atoms with Crippen molar-refractivity contribution in [2.45, 2.75) is 0 Å². The Bertz CT molecular complexity index is 959. The molecule has 0 fully saturated rings. The number of amides is 1. The zero-order valence-electron chi connectivity index (χ0n) is 13.6. The lowest BCUT2D eigenvalue weighted by Crippen LogP contribution is -2.12. The number of esters is 1. The van der Waals surface area contributed by atoms with Crippen LogP contribution in [0.1, 0.15) is 15.9 Å². The Morgan fingerprint density at radius 1 is 1.04 bits per heavy atom. The van der Waals surface area contributed by atoms with Crippen molar-refractivity contribution in [3.63, 3.8) is 0 Å². The number of nitrogens with one attached hydrogen (secondary N) is 1. The number of pyridine rings is 1. The summed E-state index contributed by atoms with van der Waals surface area (Å²) >= 11 is 0. The molecule has 1 heterocycles. The van der Waals surface area contributed by atoms with Gasteiger partial charge in [0.1, 0.15) is 0 Å². The number of methoxy groups -OCH3 is 1. The first-order valence-electron chi connectivity index (χ1n) is 7.69. The number of ether oxygens (including phenoxy) is 1. The van der Waals surface area contributed by atoms with Gasteiger partial charge in [-0.2, -0.15) is 0 Å². The number of carbonyl (C=O) groups excluding carboxylic acids is 2. The number of para-hydroxylation sites is 2. The van der Waals surface area contributed by atoms with E-state index in [9.17, 15) is 9.59 Å². The number of benzene rings is 2. The van der Waals surface area contributed by atoms with Crippen molar-refractivity contribution in [1.29, 1.82) is 0 Å². The third-order valence-electron chi connectivity index (χ3n) is 3.67. The SMILES string of the molecule is COC(=O)c1ccccc1NC(=O)/C=C/c1cccc2cccnc12. The first kappa shape index (κ1) is 16.4. The van der Waals surface area contributed by atoms with Crippen molar-refractivity contribution in [2.75, 3.05) is 12.4 Å². The van der Waals surface area contributed by atoms with Gasteiger partial charge >= 0.3 is 5.97 Å². The van der Waals surface area contributed by atoms with E-state index in [1.807, 2.05) is 30.3 Å². The molecule has 124 valence electrons. The molecule has 0 bridgehead atoms. The predicted molar refractivity (Wildman–Crippen MR) is 97.2 cm³/mol. The number of anilines is 1. The highest BCUT2D eigenvalue weighted by molar-refractivity contribution is 6.07. The zero-order chi connectivity index (χ0) is 17.6. The van der Waals surface area contributed by atoms with Crippen molar-refractivity contribution >= 4 is 34.5 Å². The molecule has 1 N–H and O–H groups in total. The van der Waals surface area contributed by atoms with Gasteiger partial charge in [-0.1, -0.05) is 36.4 Å². The molecule has 0 saturated heterocycles. The third-order valence-corrected chi connectivity index (χ3v) is 3.67. The number of fused-ring (bicyclic) bond motifs is 1. The lowest BCUT2D eigenvalue weighted by atomic mass is 10.1. The highest BCUT2D eigenvalue weighted by Crippen LogP contribution is 2.18. The van der Waals surface area contributed by atoms with Crippen LogP contribution in [-0.4, -0.2) is 24.0 Å². The molecule has 2 aromatic carbocycles. The summed E-state index contributed by atoms with van der Waals surface area (Å²) in [6.07, 6.45) is 4.83. The first-order chi connectivity index (χ1) is 12.2. The minimum Gasteiger partial charge on any atom is -0.465 e. The lowest BCUT2D eigenvalue weighted by molar-refractivity contribution is -0.111. The standard InChI is InChI=1S/C20H16N2O3/c1-25-20(24)16-9-2-3-10-17(16)22-18(23)12-11-15-7-4-6-14-8-5-13-21-19(14)15/h2-13H,1H3,(H,22,23)/b12-11+. The van der Waals surface area contributed by atoms with Gasteiger partial charge in [-0.05, 0) is 24.3 Å². The Kier molecular flexibility index (Phi) is 4.85. The van der Waals surface area contributed by atoms with Crippen LogP contribution in [0.3, 0.4) is 0 Å². The van der Waals surface area contributed by atoms with E-state index in [1.54, 1.807) is 36.5 Å². The van der Waals surface area contributed by atoms with E-state index in [-0.39, 0.29) is 5.91 Å². The molecule has 0 saturated carbocycles. The second-order valence-corrected chi connectivity index (χ2v) is 5.28. The molecule has 0 aliphatic rings. The fourth-order valence-corrected chi connectivity index (χ4v) is 2.48. The van der Waals surface area contributed by atoms with Crippen LogP contribution in [0.5, 0.6) is 0 Å². The normalized spacial score (nSPS) is 10.8. The van der Waals surface area contributed by atoms with Gasteiger partial charge in [-0.3, -0.25) is 9.78 Å². The Labute approximate surface area is 145 Å². The van der Waals surface area contributed by atoms with Crippen LogP contribution in [0.15, 0.2) is 66.9 Å². The summed E-state index contributed by atoms with van der Waals surface area (Å²) in [7, 11) is 1.30. The number of carbonyl (C=O) groups is 2. The predicted octanol–water partition coefficient (Wildman–Crippen LogP) is 3.67. The molecule has 1 amide bonds. The maximum atomic E-state index is 12.2. The maximum absolute atomic E-state index is 12.2. The lowest BCUT2D eigenvalue weighted by Gasteiger charge is -2.07. The average molecular weight is 332 g/mol. The van der Waals surface area contributed by atoms with Crippen LogP contribution in [0, 0.1) is 0 Å². The van der Waals surface area contributed by atoms with Crippen molar-refractivity contribution in [2.24, 2.45) is 0 Å². The topological polar surface area (TPSA) is 68.3 Å². The van der Waals surface area contributed by atoms with Crippen molar-refractivity contribution in [3.05, 3.63) is 78.0 Å². The van der Waals surface area contributed by atoms with Crippen LogP contribution < -0.4 is 5.32 Å². The first-order valence-corrected chi connectivity index (χ1v) is 7.69. The van der Waals surface area contributed by atoms with Gasteiger partial charge in [-0.15, -0.1) is 0 Å². The summed E-state index contributed by atoms with van der Waals surface area (Å²) in [5.74, 6) is -0.845. The molecule has 0 aliphatic heterocycles. The highest BCUT2D eigenvalue weighted by Gasteiger charge is 2.12. The Morgan fingerprint density at radius 3 is 2.68 bits per heavy atom. The van der Waals surface area contributed by atoms with E-state index in [0.717, 1.165) is 16.5 Å². The second kappa shape index (κ2) is 7.40. The molecule has 3 aromatic rings. The Hall–Kier alpha value is -3.47. The summed E-state index contributed by atoms with van der Waals surface area (Å²) in [5.41, 5.74) is 2.37. The molecule has 0 aliphatic carbocycles. The molecular weight excluding hydrogens is 316 g/mol. The summed E-state index contributed by atoms with van der Waals surface area (Å²) < 4.78 is 4.72. The van der Waals surface area contributed by atoms with Gasteiger partial charge in [0.2, 0.25) is 5.91 Å². The second-order valence-electron chi connectivity index (χ2n) is 5.28. The van der Waals surface area contributed by atoms with E-state index in [0.29, 0.717) is 11.3 Å². The molecule has 5 nitrogen and oxygen atoms in total. The molecule has 0 atom stereocenters. The van der Waals surface area contributed by atoms with Crippen LogP contribution in [-0.2, 0) is 9.53 Å². The van der Waals surface area contributed by atoms with E-state index in [1.165, 1.54) is 13.2 Å². The Morgan fingerprint density at radius 2 is 1.84 bits per heavy atom. The molecule has 0 spiro atoms. The number of rotatable bonds is 4. The smallest absolute Gasteiger partial charge is 0.339 e. The quantitative estimate of drug-likeness (QED) is 0.584. The molecule has 5 heteroatoms. The molecule has 3 rings (SSSR count). The van der Waals surface area contributed by atoms with E-state index in [4.69, 9.17) is 4.74 Å². The van der Waals surface area contributed by atoms with Crippen molar-refractivity contribution in [1.82, 2.24) is 4.98 Å². The zero-order valence-corrected chi connectivity index (χ0v) is 13.6. The largest absolute Gasteiger partial charge is 0.465 e. The van der Waals surface area contributed by atoms with Crippen LogP contribution in [0.4, 0.5) is 5.69 Å². The third kappa shape index (κ3) is 3.72. The van der Waals surface area contributed by atoms with E-state index < -0.39 is 5.97 Å². The number of nitrogens with zero attached hydrogens (tertiary/aromatic N) is 1. The summed E-state index contributed by atoms with van der Waals surface area (Å²) in [5, 5.41) is 3.70. The van der Waals surface area contributed by atoms with Crippen molar-refractivity contribution in [3.8, 4) is 0 Å². The Balaban J connectivity index is 1.81. The fourth-order valence-electron chi connectivity index (χ4n) is 2.48. The molecular formula is C20H16N2O3. The van der Waals surface area contributed by atoms with E-state index in [2.05, 4.69) is 10.3 Å². The maximum Gasteiger partial charge on any atom is 0.339 e. The van der Waals surface area contributed by atoms with Gasteiger partial charge < -0.3 is 10.1 Å². The number of hydrogen-bond donors (Lipinski definition) is 1. The molecule has 25 heavy (non-hydrogen) atoms. The monoisotopic (exact) mass is 332 g/mol. The molecule has 1 aromatic heterocycles. The van der Waals surface area contributed by atoms with Gasteiger partial charge in [0.15, 0.2) is 0 Å². The van der Waals surface area contributed by atoms with Gasteiger partial charge in [0.05, 0.1) is 23.9 Å². The van der Waals surface area contributed by atoms with Crippen LogP contribution in [0.25, 0.3) is 17.0 Å². The van der Waals surface area contributed by atoms with Crippen LogP contribution in [0.2, 0.25) is 0 Å². The molecule has 0 radical (unpaired) electrons. The van der Waals surface area contributed by atoms with Gasteiger partial charge in [0, 0.05) is 23.2 Å². The van der Waals surface area contributed by atoms with Crippen LogP contribution >= 0.6 is 0 Å². The molecule has 0 unspecified atom stereocenters. The number of aromatic nitrogens is 1. The van der Waals surface area contributed by atoms with Gasteiger partial charge in [-0.25, -0.2) is 4.79 Å². The highest BCUT2D eigenvalue weighted by atomic mass is 16.5. The average Bonchev–Trinajstić information content (AvgIpc) is 2.66.